The van der Waals surface area contributed by atoms with E-state index in [4.69, 9.17) is 0 Å². The molecule has 5 atom stereocenters. The highest BCUT2D eigenvalue weighted by molar-refractivity contribution is 5.87. The van der Waals surface area contributed by atoms with Gasteiger partial charge in [-0.15, -0.1) is 0 Å². The summed E-state index contributed by atoms with van der Waals surface area (Å²) in [5.74, 6) is -1.32. The molecule has 2 aliphatic carbocycles. The second-order valence-corrected chi connectivity index (χ2v) is 6.78. The maximum absolute atomic E-state index is 13.1. The van der Waals surface area contributed by atoms with Crippen LogP contribution in [0.3, 0.4) is 0 Å². The van der Waals surface area contributed by atoms with Gasteiger partial charge in [-0.05, 0) is 37.5 Å². The Morgan fingerprint density at radius 1 is 1.14 bits per heavy atom. The third-order valence-corrected chi connectivity index (χ3v) is 5.66. The zero-order chi connectivity index (χ0) is 15.0. The van der Waals surface area contributed by atoms with Gasteiger partial charge in [0.2, 0.25) is 5.91 Å². The highest BCUT2D eigenvalue weighted by Crippen LogP contribution is 2.49. The van der Waals surface area contributed by atoms with E-state index in [1.165, 1.54) is 12.8 Å². The van der Waals surface area contributed by atoms with Crippen LogP contribution in [0.4, 0.5) is 0 Å². The highest BCUT2D eigenvalue weighted by atomic mass is 16.4. The highest BCUT2D eigenvalue weighted by Gasteiger charge is 2.53. The lowest BCUT2D eigenvalue weighted by atomic mass is 9.81. The third-order valence-electron chi connectivity index (χ3n) is 5.66. The molecule has 4 heteroatoms. The van der Waals surface area contributed by atoms with Gasteiger partial charge < -0.3 is 10.0 Å². The van der Waals surface area contributed by atoms with Gasteiger partial charge in [-0.25, -0.2) is 0 Å². The first kappa shape index (κ1) is 14.6. The number of nitrogens with zero attached hydrogens (tertiary/aromatic N) is 1. The third kappa shape index (κ3) is 2.49. The number of aliphatic carboxylic acids is 1. The van der Waals surface area contributed by atoms with Gasteiger partial charge >= 0.3 is 5.97 Å². The summed E-state index contributed by atoms with van der Waals surface area (Å²) in [4.78, 5) is 26.7. The molecule has 1 saturated carbocycles. The number of carboxylic acid groups (broad SMARTS) is 1. The van der Waals surface area contributed by atoms with Crippen molar-refractivity contribution in [1.82, 2.24) is 4.90 Å². The van der Waals surface area contributed by atoms with Crippen LogP contribution in [0.5, 0.6) is 0 Å². The van der Waals surface area contributed by atoms with E-state index in [1.807, 2.05) is 11.0 Å². The average molecular weight is 291 g/mol. The molecule has 0 aromatic heterocycles. The number of carbonyl (C=O) groups excluding carboxylic acids is 1. The molecule has 1 N–H and O–H groups in total. The quantitative estimate of drug-likeness (QED) is 0.813. The van der Waals surface area contributed by atoms with Crippen LogP contribution >= 0.6 is 0 Å². The minimum Gasteiger partial charge on any atom is -0.481 e. The van der Waals surface area contributed by atoms with Crippen LogP contribution in [0.15, 0.2) is 12.2 Å². The number of hydrogen-bond donors (Lipinski definition) is 1. The Morgan fingerprint density at radius 3 is 2.52 bits per heavy atom. The first-order valence-corrected chi connectivity index (χ1v) is 8.35. The van der Waals surface area contributed by atoms with Crippen molar-refractivity contribution in [2.75, 3.05) is 6.54 Å². The summed E-state index contributed by atoms with van der Waals surface area (Å²) in [5.41, 5.74) is 0. The summed E-state index contributed by atoms with van der Waals surface area (Å²) in [5, 5.41) is 9.53. The number of likely N-dealkylation sites (tertiary alicyclic amines) is 1. The van der Waals surface area contributed by atoms with Gasteiger partial charge in [0.05, 0.1) is 11.8 Å². The molecule has 21 heavy (non-hydrogen) atoms. The first-order chi connectivity index (χ1) is 10.1. The normalized spacial score (nSPS) is 38.5. The monoisotopic (exact) mass is 291 g/mol. The molecule has 0 aromatic rings. The van der Waals surface area contributed by atoms with Crippen LogP contribution in [-0.4, -0.2) is 34.5 Å². The molecule has 0 spiro atoms. The van der Waals surface area contributed by atoms with Gasteiger partial charge in [0.25, 0.3) is 0 Å². The molecule has 116 valence electrons. The molecule has 5 unspecified atom stereocenters. The maximum Gasteiger partial charge on any atom is 0.307 e. The minimum absolute atomic E-state index is 0.0634. The lowest BCUT2D eigenvalue weighted by Gasteiger charge is -2.35. The van der Waals surface area contributed by atoms with Gasteiger partial charge in [-0.1, -0.05) is 31.9 Å². The van der Waals surface area contributed by atoms with Crippen LogP contribution in [-0.2, 0) is 9.59 Å². The fourth-order valence-electron chi connectivity index (χ4n) is 4.58. The molecule has 4 nitrogen and oxygen atoms in total. The van der Waals surface area contributed by atoms with E-state index in [2.05, 4.69) is 13.0 Å². The molecular weight excluding hydrogens is 266 g/mol. The van der Waals surface area contributed by atoms with Crippen molar-refractivity contribution >= 4 is 11.9 Å². The number of carbonyl (C=O) groups is 2. The Morgan fingerprint density at radius 2 is 1.86 bits per heavy atom. The summed E-state index contributed by atoms with van der Waals surface area (Å²) in [6.45, 7) is 2.94. The van der Waals surface area contributed by atoms with Crippen LogP contribution in [0.1, 0.15) is 45.4 Å². The number of hydrogen-bond acceptors (Lipinski definition) is 2. The van der Waals surface area contributed by atoms with E-state index in [0.29, 0.717) is 6.04 Å². The minimum atomic E-state index is -0.798. The largest absolute Gasteiger partial charge is 0.481 e. The number of rotatable bonds is 3. The lowest BCUT2D eigenvalue weighted by Crippen LogP contribution is -2.47. The van der Waals surface area contributed by atoms with Crippen molar-refractivity contribution in [3.8, 4) is 0 Å². The van der Waals surface area contributed by atoms with Crippen LogP contribution in [0.25, 0.3) is 0 Å². The maximum atomic E-state index is 13.1. The van der Waals surface area contributed by atoms with E-state index in [9.17, 15) is 14.7 Å². The molecule has 1 aliphatic heterocycles. The number of allylic oxidation sites excluding steroid dienone is 2. The molecule has 0 aromatic carbocycles. The van der Waals surface area contributed by atoms with Gasteiger partial charge in [-0.3, -0.25) is 9.59 Å². The van der Waals surface area contributed by atoms with E-state index >= 15 is 0 Å². The summed E-state index contributed by atoms with van der Waals surface area (Å²) in [7, 11) is 0. The fraction of sp³-hybridized carbons (Fsp3) is 0.765. The molecule has 1 saturated heterocycles. The topological polar surface area (TPSA) is 57.6 Å². The summed E-state index contributed by atoms with van der Waals surface area (Å²) in [6.07, 6.45) is 10.4. The Balaban J connectivity index is 1.82. The molecule has 3 aliphatic rings. The van der Waals surface area contributed by atoms with Gasteiger partial charge in [0, 0.05) is 12.6 Å². The van der Waals surface area contributed by atoms with Crippen molar-refractivity contribution in [2.24, 2.45) is 23.7 Å². The fourth-order valence-corrected chi connectivity index (χ4v) is 4.58. The predicted octanol–water partition coefficient (Wildman–Crippen LogP) is 2.69. The second kappa shape index (κ2) is 5.82. The number of amides is 1. The van der Waals surface area contributed by atoms with E-state index < -0.39 is 11.9 Å². The molecule has 2 bridgehead atoms. The average Bonchev–Trinajstić information content (AvgIpc) is 2.99. The molecule has 1 amide bonds. The number of carboxylic acids is 1. The van der Waals surface area contributed by atoms with Crippen LogP contribution < -0.4 is 0 Å². The van der Waals surface area contributed by atoms with E-state index in [-0.39, 0.29) is 23.7 Å². The van der Waals surface area contributed by atoms with Crippen molar-refractivity contribution < 1.29 is 14.7 Å². The lowest BCUT2D eigenvalue weighted by molar-refractivity contribution is -0.152. The van der Waals surface area contributed by atoms with Gasteiger partial charge in [0.1, 0.15) is 0 Å². The van der Waals surface area contributed by atoms with Gasteiger partial charge in [0.15, 0.2) is 0 Å². The Hall–Kier alpha value is -1.32. The predicted molar refractivity (Wildman–Crippen MR) is 79.6 cm³/mol. The number of fused-ring (bicyclic) bond motifs is 2. The Bertz CT molecular complexity index is 459. The van der Waals surface area contributed by atoms with Crippen molar-refractivity contribution in [3.63, 3.8) is 0 Å². The molecule has 1 heterocycles. The molecule has 0 radical (unpaired) electrons. The Kier molecular flexibility index (Phi) is 4.05. The first-order valence-electron chi connectivity index (χ1n) is 8.35. The zero-order valence-corrected chi connectivity index (χ0v) is 12.7. The van der Waals surface area contributed by atoms with Crippen molar-refractivity contribution in [1.29, 1.82) is 0 Å². The molecule has 2 fully saturated rings. The van der Waals surface area contributed by atoms with Crippen molar-refractivity contribution in [3.05, 3.63) is 12.2 Å². The Labute approximate surface area is 126 Å². The van der Waals surface area contributed by atoms with Crippen LogP contribution in [0.2, 0.25) is 0 Å². The van der Waals surface area contributed by atoms with E-state index in [1.54, 1.807) is 0 Å². The zero-order valence-electron chi connectivity index (χ0n) is 12.7. The summed E-state index contributed by atoms with van der Waals surface area (Å²) >= 11 is 0. The van der Waals surface area contributed by atoms with Crippen LogP contribution in [0, 0.1) is 23.7 Å². The standard InChI is InChI=1S/C17H25NO3/c1-2-13-6-4-3-5-9-18(13)16(19)14-11-7-8-12(10-11)15(14)17(20)21/h7-8,11-15H,2-6,9-10H2,1H3,(H,20,21). The summed E-state index contributed by atoms with van der Waals surface area (Å²) in [6, 6.07) is 0.303. The van der Waals surface area contributed by atoms with Gasteiger partial charge in [-0.2, -0.15) is 0 Å². The molecule has 3 rings (SSSR count). The summed E-state index contributed by atoms with van der Waals surface area (Å²) < 4.78 is 0. The molecular formula is C17H25NO3. The van der Waals surface area contributed by atoms with E-state index in [0.717, 1.165) is 32.2 Å². The smallest absolute Gasteiger partial charge is 0.307 e. The SMILES string of the molecule is CCC1CCCCCN1C(=O)C1C2C=CC(C2)C1C(=O)O. The second-order valence-electron chi connectivity index (χ2n) is 6.78. The van der Waals surface area contributed by atoms with Crippen molar-refractivity contribution in [2.45, 2.75) is 51.5 Å².